The molecule has 8 heteroatoms. The third-order valence-electron chi connectivity index (χ3n) is 3.36. The number of nitrogens with zero attached hydrogens (tertiary/aromatic N) is 2. The van der Waals surface area contributed by atoms with Gasteiger partial charge in [-0.15, -0.1) is 10.2 Å². The number of carbonyl (C=O) groups is 2. The van der Waals surface area contributed by atoms with Crippen molar-refractivity contribution in [1.29, 1.82) is 0 Å². The van der Waals surface area contributed by atoms with E-state index in [1.54, 1.807) is 61.7 Å². The van der Waals surface area contributed by atoms with E-state index in [2.05, 4.69) is 15.5 Å². The highest BCUT2D eigenvalue weighted by Crippen LogP contribution is 2.24. The zero-order chi connectivity index (χ0) is 18.4. The summed E-state index contributed by atoms with van der Waals surface area (Å²) in [5, 5.41) is 10.4. The monoisotopic (exact) mass is 369 g/mol. The van der Waals surface area contributed by atoms with Crippen molar-refractivity contribution in [1.82, 2.24) is 15.5 Å². The molecule has 3 rings (SSSR count). The number of thioether (sulfide) groups is 1. The molecule has 0 atom stereocenters. The molecular formula is C18H15N3O4S. The first kappa shape index (κ1) is 17.7. The van der Waals surface area contributed by atoms with E-state index >= 15 is 0 Å². The predicted molar refractivity (Wildman–Crippen MR) is 95.9 cm³/mol. The third-order valence-corrected chi connectivity index (χ3v) is 4.18. The second-order valence-electron chi connectivity index (χ2n) is 5.13. The van der Waals surface area contributed by atoms with Gasteiger partial charge >= 0.3 is 0 Å². The minimum Gasteiger partial charge on any atom is -0.497 e. The SMILES string of the molecule is COc1ccc(-c2nnc(SCC(=O)NC(=O)c3ccccc3)o2)cc1. The Balaban J connectivity index is 1.54. The van der Waals surface area contributed by atoms with Gasteiger partial charge in [-0.05, 0) is 36.4 Å². The van der Waals surface area contributed by atoms with Crippen LogP contribution in [0.5, 0.6) is 5.75 Å². The fourth-order valence-electron chi connectivity index (χ4n) is 2.07. The van der Waals surface area contributed by atoms with Crippen molar-refractivity contribution < 1.29 is 18.7 Å². The molecule has 2 amide bonds. The number of amides is 2. The maximum absolute atomic E-state index is 11.9. The van der Waals surface area contributed by atoms with Gasteiger partial charge in [0.25, 0.3) is 11.1 Å². The van der Waals surface area contributed by atoms with Crippen molar-refractivity contribution in [3.63, 3.8) is 0 Å². The molecule has 2 aromatic carbocycles. The molecule has 0 spiro atoms. The summed E-state index contributed by atoms with van der Waals surface area (Å²) in [5.74, 6) is 0.176. The first-order valence-electron chi connectivity index (χ1n) is 7.65. The molecule has 0 saturated carbocycles. The van der Waals surface area contributed by atoms with Crippen LogP contribution >= 0.6 is 11.8 Å². The Hall–Kier alpha value is -3.13. The Kier molecular flexibility index (Phi) is 5.65. The van der Waals surface area contributed by atoms with E-state index in [9.17, 15) is 9.59 Å². The standard InChI is InChI=1S/C18H15N3O4S/c1-24-14-9-7-13(8-10-14)17-20-21-18(25-17)26-11-15(22)19-16(23)12-5-3-2-4-6-12/h2-10H,11H2,1H3,(H,19,22,23). The van der Waals surface area contributed by atoms with E-state index in [0.29, 0.717) is 11.5 Å². The largest absolute Gasteiger partial charge is 0.497 e. The first-order valence-corrected chi connectivity index (χ1v) is 8.64. The van der Waals surface area contributed by atoms with Gasteiger partial charge in [-0.25, -0.2) is 0 Å². The lowest BCUT2D eigenvalue weighted by Crippen LogP contribution is -2.31. The normalized spacial score (nSPS) is 10.3. The van der Waals surface area contributed by atoms with Crippen LogP contribution in [0.4, 0.5) is 0 Å². The molecule has 0 saturated heterocycles. The molecule has 1 aromatic heterocycles. The van der Waals surface area contributed by atoms with E-state index in [-0.39, 0.29) is 11.0 Å². The second-order valence-corrected chi connectivity index (χ2v) is 6.06. The minimum absolute atomic E-state index is 0.0111. The van der Waals surface area contributed by atoms with Gasteiger partial charge in [0.15, 0.2) is 0 Å². The smallest absolute Gasteiger partial charge is 0.277 e. The summed E-state index contributed by atoms with van der Waals surface area (Å²) < 4.78 is 10.6. The summed E-state index contributed by atoms with van der Waals surface area (Å²) in [6.45, 7) is 0. The number of hydrogen-bond donors (Lipinski definition) is 1. The van der Waals surface area contributed by atoms with Crippen LogP contribution in [0, 0.1) is 0 Å². The van der Waals surface area contributed by atoms with Gasteiger partial charge in [0.1, 0.15) is 5.75 Å². The Morgan fingerprint density at radius 2 is 1.81 bits per heavy atom. The van der Waals surface area contributed by atoms with Gasteiger partial charge in [0.2, 0.25) is 11.8 Å². The number of benzene rings is 2. The highest BCUT2D eigenvalue weighted by molar-refractivity contribution is 7.99. The molecule has 132 valence electrons. The van der Waals surface area contributed by atoms with Crippen LogP contribution in [0.3, 0.4) is 0 Å². The lowest BCUT2D eigenvalue weighted by molar-refractivity contribution is -0.117. The zero-order valence-electron chi connectivity index (χ0n) is 13.8. The van der Waals surface area contributed by atoms with E-state index in [1.807, 2.05) is 0 Å². The third kappa shape index (κ3) is 4.48. The maximum Gasteiger partial charge on any atom is 0.277 e. The number of aromatic nitrogens is 2. The lowest BCUT2D eigenvalue weighted by atomic mass is 10.2. The van der Waals surface area contributed by atoms with Crippen molar-refractivity contribution in [2.45, 2.75) is 5.22 Å². The van der Waals surface area contributed by atoms with E-state index in [1.165, 1.54) is 0 Å². The van der Waals surface area contributed by atoms with Crippen LogP contribution in [0.2, 0.25) is 0 Å². The Morgan fingerprint density at radius 3 is 2.50 bits per heavy atom. The summed E-state index contributed by atoms with van der Waals surface area (Å²) in [7, 11) is 1.59. The maximum atomic E-state index is 11.9. The topological polar surface area (TPSA) is 94.3 Å². The highest BCUT2D eigenvalue weighted by Gasteiger charge is 2.14. The summed E-state index contributed by atoms with van der Waals surface area (Å²) in [4.78, 5) is 23.8. The number of methoxy groups -OCH3 is 1. The molecule has 0 fully saturated rings. The summed E-state index contributed by atoms with van der Waals surface area (Å²) in [6, 6.07) is 15.7. The number of nitrogens with one attached hydrogen (secondary N) is 1. The van der Waals surface area contributed by atoms with E-state index < -0.39 is 11.8 Å². The van der Waals surface area contributed by atoms with Gasteiger partial charge in [0, 0.05) is 11.1 Å². The molecule has 7 nitrogen and oxygen atoms in total. The number of carbonyl (C=O) groups excluding carboxylic acids is 2. The van der Waals surface area contributed by atoms with Crippen LogP contribution in [-0.2, 0) is 4.79 Å². The van der Waals surface area contributed by atoms with Gasteiger partial charge in [-0.1, -0.05) is 30.0 Å². The molecule has 3 aromatic rings. The van der Waals surface area contributed by atoms with Crippen molar-refractivity contribution in [2.75, 3.05) is 12.9 Å². The van der Waals surface area contributed by atoms with Crippen LogP contribution in [0.25, 0.3) is 11.5 Å². The van der Waals surface area contributed by atoms with E-state index in [0.717, 1.165) is 23.1 Å². The minimum atomic E-state index is -0.444. The van der Waals surface area contributed by atoms with Crippen LogP contribution in [-0.4, -0.2) is 34.9 Å². The fourth-order valence-corrected chi connectivity index (χ4v) is 2.63. The molecule has 0 aliphatic heterocycles. The fraction of sp³-hybridized carbons (Fsp3) is 0.111. The molecule has 1 N–H and O–H groups in total. The zero-order valence-corrected chi connectivity index (χ0v) is 14.7. The molecule has 0 bridgehead atoms. The molecule has 0 aliphatic carbocycles. The molecule has 0 unspecified atom stereocenters. The lowest BCUT2D eigenvalue weighted by Gasteiger charge is -2.02. The molecule has 1 heterocycles. The van der Waals surface area contributed by atoms with Gasteiger partial charge < -0.3 is 9.15 Å². The second kappa shape index (κ2) is 8.30. The number of rotatable bonds is 6. The highest BCUT2D eigenvalue weighted by atomic mass is 32.2. The van der Waals surface area contributed by atoms with Crippen LogP contribution in [0.1, 0.15) is 10.4 Å². The number of ether oxygens (including phenoxy) is 1. The Morgan fingerprint density at radius 1 is 1.08 bits per heavy atom. The first-order chi connectivity index (χ1) is 12.7. The number of hydrogen-bond acceptors (Lipinski definition) is 7. The summed E-state index contributed by atoms with van der Waals surface area (Å²) >= 11 is 1.06. The van der Waals surface area contributed by atoms with Crippen LogP contribution < -0.4 is 10.1 Å². The molecule has 26 heavy (non-hydrogen) atoms. The van der Waals surface area contributed by atoms with Crippen molar-refractivity contribution >= 4 is 23.6 Å². The quantitative estimate of drug-likeness (QED) is 0.668. The van der Waals surface area contributed by atoms with E-state index in [4.69, 9.17) is 9.15 Å². The van der Waals surface area contributed by atoms with Crippen molar-refractivity contribution in [3.05, 3.63) is 60.2 Å². The molecule has 0 radical (unpaired) electrons. The molecular weight excluding hydrogens is 354 g/mol. The summed E-state index contributed by atoms with van der Waals surface area (Å²) in [5.41, 5.74) is 1.17. The van der Waals surface area contributed by atoms with Gasteiger partial charge in [-0.3, -0.25) is 14.9 Å². The summed E-state index contributed by atoms with van der Waals surface area (Å²) in [6.07, 6.45) is 0. The average molecular weight is 369 g/mol. The Labute approximate surface area is 153 Å². The molecule has 0 aliphatic rings. The average Bonchev–Trinajstić information content (AvgIpc) is 3.16. The van der Waals surface area contributed by atoms with Crippen LogP contribution in [0.15, 0.2) is 64.2 Å². The van der Waals surface area contributed by atoms with Gasteiger partial charge in [0.05, 0.1) is 12.9 Å². The Bertz CT molecular complexity index is 894. The predicted octanol–water partition coefficient (Wildman–Crippen LogP) is 2.79. The van der Waals surface area contributed by atoms with Crippen molar-refractivity contribution in [2.24, 2.45) is 0 Å². The number of imide groups is 1. The van der Waals surface area contributed by atoms with Gasteiger partial charge in [-0.2, -0.15) is 0 Å². The van der Waals surface area contributed by atoms with Crippen molar-refractivity contribution in [3.8, 4) is 17.2 Å².